The van der Waals surface area contributed by atoms with Crippen LogP contribution in [-0.2, 0) is 9.47 Å². The predicted molar refractivity (Wildman–Crippen MR) is 123 cm³/mol. The van der Waals surface area contributed by atoms with E-state index in [0.717, 1.165) is 46.4 Å². The number of rotatable bonds is 8. The number of amides is 1. The molecule has 0 radical (unpaired) electrons. The number of nitrogens with one attached hydrogen (secondary N) is 1. The molecule has 3 aromatic rings. The van der Waals surface area contributed by atoms with Gasteiger partial charge in [0.1, 0.15) is 12.4 Å². The molecule has 4 rings (SSSR count). The quantitative estimate of drug-likeness (QED) is 0.486. The Bertz CT molecular complexity index is 1070. The van der Waals surface area contributed by atoms with Gasteiger partial charge >= 0.3 is 6.09 Å². The number of anilines is 2. The van der Waals surface area contributed by atoms with E-state index < -0.39 is 6.09 Å². The van der Waals surface area contributed by atoms with Crippen molar-refractivity contribution >= 4 is 28.4 Å². The van der Waals surface area contributed by atoms with Gasteiger partial charge in [0.2, 0.25) is 0 Å². The number of benzene rings is 2. The van der Waals surface area contributed by atoms with Crippen LogP contribution in [0, 0.1) is 0 Å². The topological polar surface area (TPSA) is 87.7 Å². The first-order chi connectivity index (χ1) is 15.0. The Morgan fingerprint density at radius 3 is 2.55 bits per heavy atom. The van der Waals surface area contributed by atoms with Crippen LogP contribution in [0.1, 0.15) is 32.7 Å². The molecule has 1 aliphatic carbocycles. The summed E-state index contributed by atoms with van der Waals surface area (Å²) in [5, 5.41) is 3.77. The average molecular weight is 424 g/mol. The van der Waals surface area contributed by atoms with Gasteiger partial charge in [0.15, 0.2) is 0 Å². The van der Waals surface area contributed by atoms with Crippen molar-refractivity contribution in [1.82, 2.24) is 4.57 Å². The lowest BCUT2D eigenvalue weighted by Gasteiger charge is -2.13. The summed E-state index contributed by atoms with van der Waals surface area (Å²) in [7, 11) is 1.66. The van der Waals surface area contributed by atoms with Gasteiger partial charge < -0.3 is 24.5 Å². The molecular formula is C24H29N3O4. The van der Waals surface area contributed by atoms with E-state index in [9.17, 15) is 4.79 Å². The highest BCUT2D eigenvalue weighted by Crippen LogP contribution is 2.46. The highest BCUT2D eigenvalue weighted by atomic mass is 16.6. The molecule has 0 atom stereocenters. The second-order valence-electron chi connectivity index (χ2n) is 8.04. The van der Waals surface area contributed by atoms with Crippen molar-refractivity contribution in [2.24, 2.45) is 0 Å². The van der Waals surface area contributed by atoms with Gasteiger partial charge in [0.25, 0.3) is 0 Å². The van der Waals surface area contributed by atoms with Crippen molar-refractivity contribution in [2.45, 2.75) is 38.8 Å². The molecule has 164 valence electrons. The van der Waals surface area contributed by atoms with E-state index in [1.165, 1.54) is 0 Å². The smallest absolute Gasteiger partial charge is 0.411 e. The molecule has 7 nitrogen and oxygen atoms in total. The fourth-order valence-electron chi connectivity index (χ4n) is 3.73. The number of carbonyl (C=O) groups excluding carboxylic acids is 1. The van der Waals surface area contributed by atoms with E-state index >= 15 is 0 Å². The molecule has 1 aliphatic rings. The van der Waals surface area contributed by atoms with Gasteiger partial charge in [0, 0.05) is 35.9 Å². The Kier molecular flexibility index (Phi) is 6.04. The van der Waals surface area contributed by atoms with E-state index in [0.29, 0.717) is 24.9 Å². The maximum Gasteiger partial charge on any atom is 0.411 e. The normalized spacial score (nSPS) is 13.5. The predicted octanol–water partition coefficient (Wildman–Crippen LogP) is 5.21. The lowest BCUT2D eigenvalue weighted by molar-refractivity contribution is 0.130. The number of methoxy groups -OCH3 is 1. The zero-order valence-corrected chi connectivity index (χ0v) is 18.2. The van der Waals surface area contributed by atoms with Crippen LogP contribution in [0.3, 0.4) is 0 Å². The number of nitrogen functional groups attached to an aromatic ring is 1. The van der Waals surface area contributed by atoms with Gasteiger partial charge in [-0.25, -0.2) is 4.79 Å². The number of nitrogens with zero attached hydrogens (tertiary/aromatic N) is 1. The monoisotopic (exact) mass is 423 g/mol. The van der Waals surface area contributed by atoms with Gasteiger partial charge in [0.05, 0.1) is 29.6 Å². The summed E-state index contributed by atoms with van der Waals surface area (Å²) in [4.78, 5) is 11.9. The molecule has 7 heteroatoms. The van der Waals surface area contributed by atoms with Crippen molar-refractivity contribution < 1.29 is 19.0 Å². The Morgan fingerprint density at radius 1 is 1.16 bits per heavy atom. The van der Waals surface area contributed by atoms with E-state index in [1.807, 2.05) is 50.2 Å². The summed E-state index contributed by atoms with van der Waals surface area (Å²) in [5.41, 5.74) is 11.1. The van der Waals surface area contributed by atoms with Crippen LogP contribution >= 0.6 is 0 Å². The van der Waals surface area contributed by atoms with Crippen LogP contribution in [0.25, 0.3) is 22.2 Å². The fraction of sp³-hybridized carbons (Fsp3) is 0.375. The number of aromatic nitrogens is 1. The summed E-state index contributed by atoms with van der Waals surface area (Å²) in [6, 6.07) is 14.1. The van der Waals surface area contributed by atoms with E-state index in [1.54, 1.807) is 7.11 Å². The second kappa shape index (κ2) is 8.89. The van der Waals surface area contributed by atoms with E-state index in [2.05, 4.69) is 16.0 Å². The van der Waals surface area contributed by atoms with Crippen molar-refractivity contribution in [3.05, 3.63) is 42.5 Å². The third kappa shape index (κ3) is 4.61. The highest BCUT2D eigenvalue weighted by Gasteiger charge is 2.30. The first-order valence-electron chi connectivity index (χ1n) is 10.6. The first kappa shape index (κ1) is 21.1. The Labute approximate surface area is 182 Å². The Morgan fingerprint density at radius 2 is 1.90 bits per heavy atom. The minimum atomic E-state index is -0.463. The van der Waals surface area contributed by atoms with Crippen LogP contribution in [-0.4, -0.2) is 37.1 Å². The SMILES string of the molecule is COCCOc1ccc2c(N)c(-c3ccc(NC(=O)OC(C)C)cc3)n(C3CC3)c2c1. The lowest BCUT2D eigenvalue weighted by Crippen LogP contribution is -2.17. The number of hydrogen-bond acceptors (Lipinski definition) is 5. The molecule has 0 saturated heterocycles. The average Bonchev–Trinajstić information content (AvgIpc) is 3.53. The largest absolute Gasteiger partial charge is 0.491 e. The minimum absolute atomic E-state index is 0.170. The Balaban J connectivity index is 1.66. The molecule has 31 heavy (non-hydrogen) atoms. The van der Waals surface area contributed by atoms with Gasteiger partial charge in [-0.15, -0.1) is 0 Å². The van der Waals surface area contributed by atoms with Crippen molar-refractivity contribution in [3.63, 3.8) is 0 Å². The molecule has 1 fully saturated rings. The molecule has 1 saturated carbocycles. The molecule has 0 spiro atoms. The van der Waals surface area contributed by atoms with E-state index in [-0.39, 0.29) is 6.10 Å². The van der Waals surface area contributed by atoms with Crippen LogP contribution in [0.2, 0.25) is 0 Å². The van der Waals surface area contributed by atoms with Crippen LogP contribution in [0.15, 0.2) is 42.5 Å². The molecule has 0 bridgehead atoms. The summed E-state index contributed by atoms with van der Waals surface area (Å²) in [6.07, 6.45) is 1.63. The maximum atomic E-state index is 11.9. The minimum Gasteiger partial charge on any atom is -0.491 e. The standard InChI is InChI=1S/C24H29N3O4/c1-15(2)31-24(28)26-17-6-4-16(5-7-17)23-22(25)20-11-10-19(30-13-12-29-3)14-21(20)27(23)18-8-9-18/h4-7,10-11,14-15,18H,8-9,12-13,25H2,1-3H3,(H,26,28). The number of nitrogens with two attached hydrogens (primary N) is 1. The number of carbonyl (C=O) groups is 1. The van der Waals surface area contributed by atoms with Gasteiger partial charge in [-0.05, 0) is 51.0 Å². The zero-order valence-electron chi connectivity index (χ0n) is 18.2. The maximum absolute atomic E-state index is 11.9. The molecule has 1 heterocycles. The Hall–Kier alpha value is -3.19. The van der Waals surface area contributed by atoms with Crippen molar-refractivity contribution in [3.8, 4) is 17.0 Å². The number of ether oxygens (including phenoxy) is 3. The molecule has 0 aliphatic heterocycles. The van der Waals surface area contributed by atoms with Crippen LogP contribution < -0.4 is 15.8 Å². The summed E-state index contributed by atoms with van der Waals surface area (Å²) in [5.74, 6) is 0.804. The van der Waals surface area contributed by atoms with Crippen LogP contribution in [0.5, 0.6) is 5.75 Å². The fourth-order valence-corrected chi connectivity index (χ4v) is 3.73. The number of hydrogen-bond donors (Lipinski definition) is 2. The van der Waals surface area contributed by atoms with Gasteiger partial charge in [-0.2, -0.15) is 0 Å². The first-order valence-corrected chi connectivity index (χ1v) is 10.6. The molecule has 1 amide bonds. The summed E-state index contributed by atoms with van der Waals surface area (Å²) >= 11 is 0. The summed E-state index contributed by atoms with van der Waals surface area (Å²) < 4.78 is 18.3. The molecular weight excluding hydrogens is 394 g/mol. The van der Waals surface area contributed by atoms with Crippen molar-refractivity contribution in [2.75, 3.05) is 31.4 Å². The number of fused-ring (bicyclic) bond motifs is 1. The molecule has 0 unspecified atom stereocenters. The van der Waals surface area contributed by atoms with Gasteiger partial charge in [-0.3, -0.25) is 5.32 Å². The third-order valence-electron chi connectivity index (χ3n) is 5.23. The molecule has 3 N–H and O–H groups in total. The third-order valence-corrected chi connectivity index (χ3v) is 5.23. The molecule has 2 aromatic carbocycles. The van der Waals surface area contributed by atoms with Crippen LogP contribution in [0.4, 0.5) is 16.2 Å². The highest BCUT2D eigenvalue weighted by molar-refractivity contribution is 6.01. The van der Waals surface area contributed by atoms with Gasteiger partial charge in [-0.1, -0.05) is 12.1 Å². The molecule has 1 aromatic heterocycles. The van der Waals surface area contributed by atoms with E-state index in [4.69, 9.17) is 19.9 Å². The second-order valence-corrected chi connectivity index (χ2v) is 8.04. The zero-order chi connectivity index (χ0) is 22.0. The van der Waals surface area contributed by atoms with Crippen molar-refractivity contribution in [1.29, 1.82) is 0 Å². The lowest BCUT2D eigenvalue weighted by atomic mass is 10.1. The summed E-state index contributed by atoms with van der Waals surface area (Å²) in [6.45, 7) is 4.68.